The van der Waals surface area contributed by atoms with E-state index in [1.54, 1.807) is 0 Å². The summed E-state index contributed by atoms with van der Waals surface area (Å²) in [6, 6.07) is 0. The second kappa shape index (κ2) is 41.8. The van der Waals surface area contributed by atoms with Crippen molar-refractivity contribution < 1.29 is 47.8 Å². The van der Waals surface area contributed by atoms with Gasteiger partial charge < -0.3 is 24.6 Å². The molecule has 0 bridgehead atoms. The Morgan fingerprint density at radius 1 is 0.526 bits per heavy atom. The largest absolute Gasteiger partial charge is 0.472 e. The Balaban J connectivity index is 4.44. The fourth-order valence-corrected chi connectivity index (χ4v) is 6.48. The lowest BCUT2D eigenvalue weighted by Gasteiger charge is -2.20. The molecule has 330 valence electrons. The van der Waals surface area contributed by atoms with Crippen LogP contribution in [0.1, 0.15) is 181 Å². The fourth-order valence-electron chi connectivity index (χ4n) is 5.69. The van der Waals surface area contributed by atoms with Crippen molar-refractivity contribution in [3.8, 4) is 0 Å². The quantitative estimate of drug-likeness (QED) is 0.0235. The molecule has 0 spiro atoms. The zero-order valence-corrected chi connectivity index (χ0v) is 36.7. The van der Waals surface area contributed by atoms with Crippen molar-refractivity contribution in [3.63, 3.8) is 0 Å². The van der Waals surface area contributed by atoms with Crippen molar-refractivity contribution >= 4 is 19.8 Å². The minimum atomic E-state index is -4.64. The number of aliphatic hydroxyl groups excluding tert-OH is 2. The van der Waals surface area contributed by atoms with Crippen LogP contribution < -0.4 is 0 Å². The molecule has 0 aliphatic carbocycles. The summed E-state index contributed by atoms with van der Waals surface area (Å²) in [5.74, 6) is -1.04. The minimum Gasteiger partial charge on any atom is -0.462 e. The van der Waals surface area contributed by atoms with Crippen LogP contribution in [0.5, 0.6) is 0 Å². The predicted octanol–water partition coefficient (Wildman–Crippen LogP) is 11.9. The summed E-state index contributed by atoms with van der Waals surface area (Å²) < 4.78 is 32.6. The van der Waals surface area contributed by atoms with Crippen LogP contribution in [0.15, 0.2) is 60.8 Å². The minimum absolute atomic E-state index is 0.108. The Morgan fingerprint density at radius 2 is 0.912 bits per heavy atom. The van der Waals surface area contributed by atoms with Crippen molar-refractivity contribution in [2.75, 3.05) is 26.4 Å². The summed E-state index contributed by atoms with van der Waals surface area (Å²) in [4.78, 5) is 34.9. The molecular weight excluding hydrogens is 743 g/mol. The molecule has 0 saturated heterocycles. The molecule has 57 heavy (non-hydrogen) atoms. The monoisotopic (exact) mass is 825 g/mol. The predicted molar refractivity (Wildman–Crippen MR) is 233 cm³/mol. The second-order valence-electron chi connectivity index (χ2n) is 14.7. The number of esters is 2. The van der Waals surface area contributed by atoms with Crippen LogP contribution in [0, 0.1) is 0 Å². The number of carbonyl (C=O) groups excluding carboxylic acids is 2. The van der Waals surface area contributed by atoms with Crippen molar-refractivity contribution in [2.24, 2.45) is 0 Å². The van der Waals surface area contributed by atoms with Gasteiger partial charge in [-0.1, -0.05) is 158 Å². The molecule has 0 aromatic heterocycles. The standard InChI is InChI=1S/C46H81O10P/c1-3-5-7-9-11-13-15-17-19-21-23-25-27-29-31-33-35-37-45(49)53-41-44(42-55-57(51,52)54-40-43(48)39-47)56-46(50)38-36-34-32-30-28-26-24-22-20-18-16-14-12-10-8-6-4-2/h17,19,23-26,29-32,43-44,47-48H,3-16,18,20-22,27-28,33-42H2,1-2H3,(H,51,52)/b19-17+,25-23+,26-24+,31-29+,32-30+/t43-,44+/m0/s1. The Bertz CT molecular complexity index is 1130. The van der Waals surface area contributed by atoms with Gasteiger partial charge in [-0.3, -0.25) is 18.6 Å². The number of ether oxygens (including phenoxy) is 2. The van der Waals surface area contributed by atoms with Crippen LogP contribution in [0.25, 0.3) is 0 Å². The Hall–Kier alpha value is -2.33. The van der Waals surface area contributed by atoms with Gasteiger partial charge in [0.25, 0.3) is 0 Å². The molecule has 0 amide bonds. The number of hydrogen-bond donors (Lipinski definition) is 3. The lowest BCUT2D eigenvalue weighted by Crippen LogP contribution is -2.29. The van der Waals surface area contributed by atoms with E-state index in [-0.39, 0.29) is 19.4 Å². The van der Waals surface area contributed by atoms with E-state index in [2.05, 4.69) is 67.0 Å². The molecule has 0 fully saturated rings. The smallest absolute Gasteiger partial charge is 0.462 e. The molecular formula is C46H81O10P. The van der Waals surface area contributed by atoms with Crippen molar-refractivity contribution in [3.05, 3.63) is 60.8 Å². The van der Waals surface area contributed by atoms with Gasteiger partial charge in [-0.25, -0.2) is 4.57 Å². The molecule has 0 aliphatic rings. The average molecular weight is 825 g/mol. The maximum atomic E-state index is 12.6. The van der Waals surface area contributed by atoms with Crippen LogP contribution in [0.4, 0.5) is 0 Å². The van der Waals surface area contributed by atoms with Crippen molar-refractivity contribution in [1.29, 1.82) is 0 Å². The first-order chi connectivity index (χ1) is 27.7. The third kappa shape index (κ3) is 41.6. The van der Waals surface area contributed by atoms with Gasteiger partial charge in [0.05, 0.1) is 19.8 Å². The van der Waals surface area contributed by atoms with Gasteiger partial charge in [-0.05, 0) is 70.6 Å². The van der Waals surface area contributed by atoms with Crippen LogP contribution in [-0.2, 0) is 32.7 Å². The lowest BCUT2D eigenvalue weighted by atomic mass is 10.1. The van der Waals surface area contributed by atoms with E-state index in [0.29, 0.717) is 25.7 Å². The highest BCUT2D eigenvalue weighted by molar-refractivity contribution is 7.47. The summed E-state index contributed by atoms with van der Waals surface area (Å²) in [5.41, 5.74) is 0. The van der Waals surface area contributed by atoms with Gasteiger partial charge >= 0.3 is 19.8 Å². The number of rotatable bonds is 41. The molecule has 0 aliphatic heterocycles. The van der Waals surface area contributed by atoms with Crippen LogP contribution in [0.3, 0.4) is 0 Å². The van der Waals surface area contributed by atoms with E-state index >= 15 is 0 Å². The molecule has 1 unspecified atom stereocenters. The highest BCUT2D eigenvalue weighted by Gasteiger charge is 2.27. The number of aliphatic hydroxyl groups is 2. The third-order valence-corrected chi connectivity index (χ3v) is 10.1. The van der Waals surface area contributed by atoms with E-state index in [4.69, 9.17) is 19.1 Å². The van der Waals surface area contributed by atoms with Gasteiger partial charge in [-0.2, -0.15) is 0 Å². The molecule has 10 nitrogen and oxygen atoms in total. The zero-order valence-electron chi connectivity index (χ0n) is 35.8. The summed E-state index contributed by atoms with van der Waals surface area (Å²) in [5, 5.41) is 18.3. The van der Waals surface area contributed by atoms with E-state index in [1.807, 2.05) is 12.2 Å². The summed E-state index contributed by atoms with van der Waals surface area (Å²) >= 11 is 0. The maximum absolute atomic E-state index is 12.6. The van der Waals surface area contributed by atoms with E-state index in [0.717, 1.165) is 32.1 Å². The number of allylic oxidation sites excluding steroid dienone is 10. The number of carbonyl (C=O) groups is 2. The number of unbranched alkanes of at least 4 members (excludes halogenated alkanes) is 17. The fraction of sp³-hybridized carbons (Fsp3) is 0.739. The first-order valence-corrected chi connectivity index (χ1v) is 23.7. The number of phosphoric ester groups is 1. The van der Waals surface area contributed by atoms with Gasteiger partial charge in [0.1, 0.15) is 12.7 Å². The van der Waals surface area contributed by atoms with Crippen molar-refractivity contribution in [2.45, 2.75) is 193 Å². The molecule has 11 heteroatoms. The molecule has 0 radical (unpaired) electrons. The summed E-state index contributed by atoms with van der Waals surface area (Å²) in [6.07, 6.45) is 46.3. The van der Waals surface area contributed by atoms with E-state index in [1.165, 1.54) is 96.3 Å². The van der Waals surface area contributed by atoms with Gasteiger partial charge in [0.15, 0.2) is 6.10 Å². The summed E-state index contributed by atoms with van der Waals surface area (Å²) in [6.45, 7) is 2.27. The molecule has 0 heterocycles. The Labute approximate surface area is 346 Å². The number of hydrogen-bond acceptors (Lipinski definition) is 9. The average Bonchev–Trinajstić information content (AvgIpc) is 3.20. The molecule has 3 N–H and O–H groups in total. The van der Waals surface area contributed by atoms with Gasteiger partial charge in [-0.15, -0.1) is 0 Å². The molecule has 0 saturated carbocycles. The second-order valence-corrected chi connectivity index (χ2v) is 16.2. The van der Waals surface area contributed by atoms with Crippen LogP contribution in [-0.4, -0.2) is 65.7 Å². The van der Waals surface area contributed by atoms with Crippen LogP contribution in [0.2, 0.25) is 0 Å². The topological polar surface area (TPSA) is 149 Å². The highest BCUT2D eigenvalue weighted by Crippen LogP contribution is 2.43. The maximum Gasteiger partial charge on any atom is 0.472 e. The molecule has 0 rings (SSSR count). The highest BCUT2D eigenvalue weighted by atomic mass is 31.2. The van der Waals surface area contributed by atoms with Crippen LogP contribution >= 0.6 is 7.82 Å². The molecule has 3 atom stereocenters. The molecule has 0 aromatic carbocycles. The zero-order chi connectivity index (χ0) is 41.9. The van der Waals surface area contributed by atoms with Gasteiger partial charge in [0, 0.05) is 12.8 Å². The number of phosphoric acid groups is 1. The van der Waals surface area contributed by atoms with E-state index < -0.39 is 51.8 Å². The van der Waals surface area contributed by atoms with Crippen molar-refractivity contribution in [1.82, 2.24) is 0 Å². The summed E-state index contributed by atoms with van der Waals surface area (Å²) in [7, 11) is -4.64. The Morgan fingerprint density at radius 3 is 1.37 bits per heavy atom. The lowest BCUT2D eigenvalue weighted by molar-refractivity contribution is -0.161. The molecule has 0 aromatic rings. The van der Waals surface area contributed by atoms with Gasteiger partial charge in [0.2, 0.25) is 0 Å². The first kappa shape index (κ1) is 54.7. The SMILES string of the molecule is CCCCCCCC/C=C/C/C=C/C/C=C/CCCC(=O)OC[C@H](COP(=O)(O)OC[C@@H](O)CO)OC(=O)CCC/C=C/C/C=C/CCCCCCCCCCC. The van der Waals surface area contributed by atoms with E-state index in [9.17, 15) is 24.2 Å². The Kier molecular flexibility index (Phi) is 40.1. The first-order valence-electron chi connectivity index (χ1n) is 22.2. The third-order valence-electron chi connectivity index (χ3n) is 9.14. The normalized spacial score (nSPS) is 14.4.